The summed E-state index contributed by atoms with van der Waals surface area (Å²) >= 11 is 0. The van der Waals surface area contributed by atoms with Gasteiger partial charge in [0, 0.05) is 27.7 Å². The molecule has 0 saturated heterocycles. The van der Waals surface area contributed by atoms with Gasteiger partial charge in [0.1, 0.15) is 5.82 Å². The van der Waals surface area contributed by atoms with Gasteiger partial charge in [0.2, 0.25) is 0 Å². The Morgan fingerprint density at radius 1 is 1.25 bits per heavy atom. The maximum absolute atomic E-state index is 5.38. The summed E-state index contributed by atoms with van der Waals surface area (Å²) in [6.45, 7) is 2.93. The average Bonchev–Trinajstić information content (AvgIpc) is 2.78. The van der Waals surface area contributed by atoms with Crippen molar-refractivity contribution in [3.8, 4) is 0 Å². The van der Waals surface area contributed by atoms with Gasteiger partial charge in [0.15, 0.2) is 6.29 Å². The SMILES string of the molecule is CCNC(Cc1nc2ccccc2n1C)C(OC)OC. The van der Waals surface area contributed by atoms with Gasteiger partial charge < -0.3 is 19.4 Å². The number of hydrogen-bond acceptors (Lipinski definition) is 4. The van der Waals surface area contributed by atoms with Gasteiger partial charge in [-0.1, -0.05) is 19.1 Å². The van der Waals surface area contributed by atoms with E-state index in [1.165, 1.54) is 0 Å². The van der Waals surface area contributed by atoms with E-state index in [2.05, 4.69) is 22.9 Å². The van der Waals surface area contributed by atoms with Crippen LogP contribution in [0.2, 0.25) is 0 Å². The van der Waals surface area contributed by atoms with Crippen LogP contribution < -0.4 is 5.32 Å². The summed E-state index contributed by atoms with van der Waals surface area (Å²) in [6, 6.07) is 8.23. The number of nitrogens with zero attached hydrogens (tertiary/aromatic N) is 2. The Morgan fingerprint density at radius 3 is 2.55 bits per heavy atom. The molecular formula is C15H23N3O2. The first-order valence-corrected chi connectivity index (χ1v) is 6.90. The molecule has 1 N–H and O–H groups in total. The lowest BCUT2D eigenvalue weighted by Crippen LogP contribution is -2.44. The molecule has 0 saturated carbocycles. The van der Waals surface area contributed by atoms with Crippen LogP contribution in [0.25, 0.3) is 11.0 Å². The lowest BCUT2D eigenvalue weighted by atomic mass is 10.2. The van der Waals surface area contributed by atoms with Crippen LogP contribution in [0.1, 0.15) is 12.7 Å². The van der Waals surface area contributed by atoms with Crippen molar-refractivity contribution in [3.63, 3.8) is 0 Å². The number of aromatic nitrogens is 2. The lowest BCUT2D eigenvalue weighted by Gasteiger charge is -2.25. The first kappa shape index (κ1) is 15.0. The molecule has 0 spiro atoms. The van der Waals surface area contributed by atoms with E-state index in [0.29, 0.717) is 0 Å². The second-order valence-corrected chi connectivity index (χ2v) is 4.78. The summed E-state index contributed by atoms with van der Waals surface area (Å²) in [5.74, 6) is 1.02. The van der Waals surface area contributed by atoms with Crippen molar-refractivity contribution in [2.45, 2.75) is 25.7 Å². The van der Waals surface area contributed by atoms with Gasteiger partial charge in [-0.15, -0.1) is 0 Å². The molecule has 1 aromatic heterocycles. The molecule has 5 nitrogen and oxygen atoms in total. The average molecular weight is 277 g/mol. The third-order valence-corrected chi connectivity index (χ3v) is 3.54. The number of rotatable bonds is 7. The van der Waals surface area contributed by atoms with Crippen LogP contribution in [0.4, 0.5) is 0 Å². The maximum atomic E-state index is 5.38. The molecule has 0 amide bonds. The molecule has 5 heteroatoms. The van der Waals surface area contributed by atoms with Crippen molar-refractivity contribution >= 4 is 11.0 Å². The van der Waals surface area contributed by atoms with E-state index >= 15 is 0 Å². The zero-order chi connectivity index (χ0) is 14.5. The van der Waals surface area contributed by atoms with Crippen LogP contribution in [0.15, 0.2) is 24.3 Å². The summed E-state index contributed by atoms with van der Waals surface area (Å²) in [6.07, 6.45) is 0.473. The fourth-order valence-electron chi connectivity index (χ4n) is 2.53. The number of methoxy groups -OCH3 is 2. The predicted molar refractivity (Wildman–Crippen MR) is 79.7 cm³/mol. The number of imidazole rings is 1. The van der Waals surface area contributed by atoms with Crippen LogP contribution in [-0.4, -0.2) is 42.6 Å². The number of nitrogens with one attached hydrogen (secondary N) is 1. The van der Waals surface area contributed by atoms with Crippen molar-refractivity contribution < 1.29 is 9.47 Å². The molecule has 0 radical (unpaired) electrons. The molecule has 20 heavy (non-hydrogen) atoms. The summed E-state index contributed by atoms with van der Waals surface area (Å²) in [7, 11) is 5.36. The van der Waals surface area contributed by atoms with Gasteiger partial charge in [-0.2, -0.15) is 0 Å². The number of likely N-dealkylation sites (N-methyl/N-ethyl adjacent to an activating group) is 1. The quantitative estimate of drug-likeness (QED) is 0.783. The molecule has 1 atom stereocenters. The second-order valence-electron chi connectivity index (χ2n) is 4.78. The van der Waals surface area contributed by atoms with Gasteiger partial charge >= 0.3 is 0 Å². The molecule has 2 rings (SSSR count). The Labute approximate surface area is 119 Å². The Hall–Kier alpha value is -1.43. The van der Waals surface area contributed by atoms with Crippen molar-refractivity contribution in [2.75, 3.05) is 20.8 Å². The molecule has 110 valence electrons. The van der Waals surface area contributed by atoms with E-state index < -0.39 is 0 Å². The van der Waals surface area contributed by atoms with E-state index in [1.807, 2.05) is 25.2 Å². The highest BCUT2D eigenvalue weighted by molar-refractivity contribution is 5.75. The Kier molecular flexibility index (Phi) is 5.11. The largest absolute Gasteiger partial charge is 0.354 e. The highest BCUT2D eigenvalue weighted by atomic mass is 16.7. The molecular weight excluding hydrogens is 254 g/mol. The van der Waals surface area contributed by atoms with Crippen LogP contribution in [0.3, 0.4) is 0 Å². The third kappa shape index (κ3) is 3.00. The number of aryl methyl sites for hydroxylation is 1. The molecule has 1 unspecified atom stereocenters. The minimum Gasteiger partial charge on any atom is -0.354 e. The zero-order valence-electron chi connectivity index (χ0n) is 12.6. The molecule has 0 bridgehead atoms. The number of fused-ring (bicyclic) bond motifs is 1. The van der Waals surface area contributed by atoms with E-state index in [-0.39, 0.29) is 12.3 Å². The van der Waals surface area contributed by atoms with Crippen molar-refractivity contribution in [1.29, 1.82) is 0 Å². The monoisotopic (exact) mass is 277 g/mol. The Bertz CT molecular complexity index is 549. The van der Waals surface area contributed by atoms with Crippen LogP contribution in [-0.2, 0) is 22.9 Å². The lowest BCUT2D eigenvalue weighted by molar-refractivity contribution is -0.122. The maximum Gasteiger partial charge on any atom is 0.172 e. The van der Waals surface area contributed by atoms with Crippen LogP contribution in [0, 0.1) is 0 Å². The summed E-state index contributed by atoms with van der Waals surface area (Å²) in [5.41, 5.74) is 2.16. The van der Waals surface area contributed by atoms with E-state index in [0.717, 1.165) is 29.8 Å². The minimum absolute atomic E-state index is 0.0745. The van der Waals surface area contributed by atoms with Crippen LogP contribution >= 0.6 is 0 Å². The second kappa shape index (κ2) is 6.83. The smallest absolute Gasteiger partial charge is 0.172 e. The summed E-state index contributed by atoms with van der Waals surface area (Å²) in [5, 5.41) is 3.40. The van der Waals surface area contributed by atoms with Gasteiger partial charge in [-0.25, -0.2) is 4.98 Å². The normalized spacial score (nSPS) is 13.2. The third-order valence-electron chi connectivity index (χ3n) is 3.54. The fraction of sp³-hybridized carbons (Fsp3) is 0.533. The molecule has 0 aliphatic carbocycles. The fourth-order valence-corrected chi connectivity index (χ4v) is 2.53. The highest BCUT2D eigenvalue weighted by Gasteiger charge is 2.22. The molecule has 1 aromatic carbocycles. The van der Waals surface area contributed by atoms with E-state index in [1.54, 1.807) is 14.2 Å². The first-order valence-electron chi connectivity index (χ1n) is 6.90. The van der Waals surface area contributed by atoms with E-state index in [4.69, 9.17) is 14.5 Å². The van der Waals surface area contributed by atoms with E-state index in [9.17, 15) is 0 Å². The topological polar surface area (TPSA) is 48.3 Å². The first-order chi connectivity index (χ1) is 9.71. The van der Waals surface area contributed by atoms with Crippen molar-refractivity contribution in [3.05, 3.63) is 30.1 Å². The predicted octanol–water partition coefficient (Wildman–Crippen LogP) is 1.71. The molecule has 2 aromatic rings. The molecule has 1 heterocycles. The van der Waals surface area contributed by atoms with Gasteiger partial charge in [0.05, 0.1) is 17.1 Å². The number of para-hydroxylation sites is 2. The minimum atomic E-state index is -0.283. The Morgan fingerprint density at radius 2 is 1.95 bits per heavy atom. The summed E-state index contributed by atoms with van der Waals surface area (Å²) < 4.78 is 12.9. The molecule has 0 aliphatic heterocycles. The van der Waals surface area contributed by atoms with Gasteiger partial charge in [-0.3, -0.25) is 0 Å². The van der Waals surface area contributed by atoms with Crippen molar-refractivity contribution in [1.82, 2.24) is 14.9 Å². The number of ether oxygens (including phenoxy) is 2. The Balaban J connectivity index is 2.26. The summed E-state index contributed by atoms with van der Waals surface area (Å²) in [4.78, 5) is 4.70. The number of hydrogen-bond donors (Lipinski definition) is 1. The highest BCUT2D eigenvalue weighted by Crippen LogP contribution is 2.16. The van der Waals surface area contributed by atoms with Crippen molar-refractivity contribution in [2.24, 2.45) is 7.05 Å². The standard InChI is InChI=1S/C15H23N3O2/c1-5-16-12(15(19-3)20-4)10-14-17-11-8-6-7-9-13(11)18(14)2/h6-9,12,15-16H,5,10H2,1-4H3. The zero-order valence-corrected chi connectivity index (χ0v) is 12.6. The molecule has 0 aliphatic rings. The number of benzene rings is 1. The van der Waals surface area contributed by atoms with Crippen LogP contribution in [0.5, 0.6) is 0 Å². The van der Waals surface area contributed by atoms with Gasteiger partial charge in [-0.05, 0) is 18.7 Å². The molecule has 0 fully saturated rings. The van der Waals surface area contributed by atoms with Gasteiger partial charge in [0.25, 0.3) is 0 Å².